The van der Waals surface area contributed by atoms with Crippen molar-refractivity contribution in [3.8, 4) is 6.07 Å². The standard InChI is InChI=1S/C16H12N4O/c17-9-11-3-1-10(2-4-11)7-15-19-14-6-5-12(18)8-13(14)16(21)20-15/h1-6,8H,7,18H2,(H,19,20,21). The number of hydrogen-bond donors (Lipinski definition) is 2. The molecule has 1 aromatic heterocycles. The molecule has 0 aliphatic heterocycles. The summed E-state index contributed by atoms with van der Waals surface area (Å²) < 4.78 is 0. The largest absolute Gasteiger partial charge is 0.399 e. The van der Waals surface area contributed by atoms with Crippen LogP contribution in [0.15, 0.2) is 47.3 Å². The zero-order chi connectivity index (χ0) is 14.8. The number of anilines is 1. The van der Waals surface area contributed by atoms with Gasteiger partial charge in [0.25, 0.3) is 5.56 Å². The van der Waals surface area contributed by atoms with E-state index in [2.05, 4.69) is 16.0 Å². The van der Waals surface area contributed by atoms with Crippen molar-refractivity contribution in [2.75, 3.05) is 5.73 Å². The fourth-order valence-corrected chi connectivity index (χ4v) is 2.18. The lowest BCUT2D eigenvalue weighted by molar-refractivity contribution is 0.973. The monoisotopic (exact) mass is 276 g/mol. The molecule has 5 nitrogen and oxygen atoms in total. The molecule has 0 bridgehead atoms. The lowest BCUT2D eigenvalue weighted by Gasteiger charge is -2.04. The van der Waals surface area contributed by atoms with Gasteiger partial charge >= 0.3 is 0 Å². The van der Waals surface area contributed by atoms with Gasteiger partial charge in [-0.05, 0) is 35.9 Å². The third-order valence-corrected chi connectivity index (χ3v) is 3.23. The number of nitrogens with zero attached hydrogens (tertiary/aromatic N) is 2. The van der Waals surface area contributed by atoms with Crippen LogP contribution in [0.25, 0.3) is 10.9 Å². The van der Waals surface area contributed by atoms with Crippen molar-refractivity contribution in [1.82, 2.24) is 9.97 Å². The molecule has 0 saturated carbocycles. The van der Waals surface area contributed by atoms with Gasteiger partial charge in [0, 0.05) is 12.1 Å². The predicted molar refractivity (Wildman–Crippen MR) is 80.7 cm³/mol. The Morgan fingerprint density at radius 3 is 2.67 bits per heavy atom. The van der Waals surface area contributed by atoms with Gasteiger partial charge in [-0.3, -0.25) is 4.79 Å². The van der Waals surface area contributed by atoms with E-state index >= 15 is 0 Å². The summed E-state index contributed by atoms with van der Waals surface area (Å²) in [5, 5.41) is 9.26. The minimum Gasteiger partial charge on any atom is -0.399 e. The number of hydrogen-bond acceptors (Lipinski definition) is 4. The number of nitrogens with two attached hydrogens (primary N) is 1. The van der Waals surface area contributed by atoms with Crippen LogP contribution >= 0.6 is 0 Å². The summed E-state index contributed by atoms with van der Waals surface area (Å²) in [6, 6.07) is 14.3. The van der Waals surface area contributed by atoms with Gasteiger partial charge in [-0.2, -0.15) is 5.26 Å². The van der Waals surface area contributed by atoms with E-state index in [4.69, 9.17) is 11.0 Å². The number of fused-ring (bicyclic) bond motifs is 1. The van der Waals surface area contributed by atoms with Crippen molar-refractivity contribution in [3.63, 3.8) is 0 Å². The van der Waals surface area contributed by atoms with Crippen LogP contribution in [0.5, 0.6) is 0 Å². The van der Waals surface area contributed by atoms with Gasteiger partial charge in [0.15, 0.2) is 0 Å². The van der Waals surface area contributed by atoms with E-state index in [1.165, 1.54) is 0 Å². The van der Waals surface area contributed by atoms with E-state index in [-0.39, 0.29) is 5.56 Å². The zero-order valence-electron chi connectivity index (χ0n) is 11.1. The summed E-state index contributed by atoms with van der Waals surface area (Å²) in [5.41, 5.74) is 8.22. The van der Waals surface area contributed by atoms with Gasteiger partial charge < -0.3 is 10.7 Å². The highest BCUT2D eigenvalue weighted by Crippen LogP contribution is 2.13. The Bertz CT molecular complexity index is 904. The van der Waals surface area contributed by atoms with E-state index in [0.717, 1.165) is 5.56 Å². The second-order valence-corrected chi connectivity index (χ2v) is 4.77. The number of H-pyrrole nitrogens is 1. The average Bonchev–Trinajstić information content (AvgIpc) is 2.49. The molecule has 2 aromatic carbocycles. The van der Waals surface area contributed by atoms with Crippen molar-refractivity contribution in [2.24, 2.45) is 0 Å². The quantitative estimate of drug-likeness (QED) is 0.699. The second kappa shape index (κ2) is 5.10. The first-order valence-electron chi connectivity index (χ1n) is 6.43. The van der Waals surface area contributed by atoms with Crippen LogP contribution in [0.1, 0.15) is 17.0 Å². The fourth-order valence-electron chi connectivity index (χ4n) is 2.18. The summed E-state index contributed by atoms with van der Waals surface area (Å²) in [4.78, 5) is 19.3. The molecule has 21 heavy (non-hydrogen) atoms. The minimum absolute atomic E-state index is 0.198. The normalized spacial score (nSPS) is 10.4. The molecular weight excluding hydrogens is 264 g/mol. The highest BCUT2D eigenvalue weighted by atomic mass is 16.1. The number of nitrogens with one attached hydrogen (secondary N) is 1. The van der Waals surface area contributed by atoms with Gasteiger partial charge in [-0.25, -0.2) is 4.98 Å². The molecule has 0 aliphatic rings. The lowest BCUT2D eigenvalue weighted by Crippen LogP contribution is -2.12. The van der Waals surface area contributed by atoms with Crippen LogP contribution in [0.3, 0.4) is 0 Å². The molecule has 0 saturated heterocycles. The molecule has 3 rings (SSSR count). The van der Waals surface area contributed by atoms with Crippen molar-refractivity contribution in [3.05, 3.63) is 69.8 Å². The Morgan fingerprint density at radius 2 is 1.95 bits per heavy atom. The highest BCUT2D eigenvalue weighted by Gasteiger charge is 2.05. The Kier molecular flexibility index (Phi) is 3.13. The van der Waals surface area contributed by atoms with E-state index in [1.807, 2.05) is 12.1 Å². The number of aromatic amines is 1. The Balaban J connectivity index is 1.99. The molecular formula is C16H12N4O. The third kappa shape index (κ3) is 2.60. The van der Waals surface area contributed by atoms with Gasteiger partial charge in [0.1, 0.15) is 5.82 Å². The average molecular weight is 276 g/mol. The number of nitrogen functional groups attached to an aromatic ring is 1. The van der Waals surface area contributed by atoms with Crippen LogP contribution in [-0.4, -0.2) is 9.97 Å². The van der Waals surface area contributed by atoms with Crippen molar-refractivity contribution in [1.29, 1.82) is 5.26 Å². The van der Waals surface area contributed by atoms with Crippen LogP contribution in [0, 0.1) is 11.3 Å². The highest BCUT2D eigenvalue weighted by molar-refractivity contribution is 5.80. The van der Waals surface area contributed by atoms with Crippen molar-refractivity contribution >= 4 is 16.6 Å². The maximum atomic E-state index is 12.0. The topological polar surface area (TPSA) is 95.6 Å². The second-order valence-electron chi connectivity index (χ2n) is 4.77. The molecule has 0 fully saturated rings. The first-order valence-corrected chi connectivity index (χ1v) is 6.43. The third-order valence-electron chi connectivity index (χ3n) is 3.23. The van der Waals surface area contributed by atoms with Crippen LogP contribution in [0.2, 0.25) is 0 Å². The first kappa shape index (κ1) is 12.9. The van der Waals surface area contributed by atoms with Gasteiger partial charge in [0.2, 0.25) is 0 Å². The maximum Gasteiger partial charge on any atom is 0.258 e. The van der Waals surface area contributed by atoms with Crippen molar-refractivity contribution < 1.29 is 0 Å². The summed E-state index contributed by atoms with van der Waals surface area (Å²) in [6.45, 7) is 0. The van der Waals surface area contributed by atoms with Crippen molar-refractivity contribution in [2.45, 2.75) is 6.42 Å². The Morgan fingerprint density at radius 1 is 1.19 bits per heavy atom. The fraction of sp³-hybridized carbons (Fsp3) is 0.0625. The van der Waals surface area contributed by atoms with Crippen LogP contribution < -0.4 is 11.3 Å². The molecule has 5 heteroatoms. The molecule has 0 spiro atoms. The lowest BCUT2D eigenvalue weighted by atomic mass is 10.1. The molecule has 3 aromatic rings. The summed E-state index contributed by atoms with van der Waals surface area (Å²) in [5.74, 6) is 0.585. The smallest absolute Gasteiger partial charge is 0.258 e. The SMILES string of the molecule is N#Cc1ccc(Cc2nc3ccc(N)cc3c(=O)[nH]2)cc1. The number of aromatic nitrogens is 2. The molecule has 0 unspecified atom stereocenters. The number of nitriles is 1. The molecule has 0 atom stereocenters. The van der Waals surface area contributed by atoms with Crippen LogP contribution in [-0.2, 0) is 6.42 Å². The first-order chi connectivity index (χ1) is 10.2. The van der Waals surface area contributed by atoms with E-state index in [9.17, 15) is 4.79 Å². The summed E-state index contributed by atoms with van der Waals surface area (Å²) in [6.07, 6.45) is 0.501. The molecule has 102 valence electrons. The summed E-state index contributed by atoms with van der Waals surface area (Å²) >= 11 is 0. The molecule has 0 aliphatic carbocycles. The van der Waals surface area contributed by atoms with E-state index in [0.29, 0.717) is 34.4 Å². The summed E-state index contributed by atoms with van der Waals surface area (Å²) in [7, 11) is 0. The zero-order valence-corrected chi connectivity index (χ0v) is 11.1. The minimum atomic E-state index is -0.198. The molecule has 0 radical (unpaired) electrons. The van der Waals surface area contributed by atoms with E-state index < -0.39 is 0 Å². The van der Waals surface area contributed by atoms with Gasteiger partial charge in [-0.15, -0.1) is 0 Å². The Labute approximate surface area is 120 Å². The van der Waals surface area contributed by atoms with Crippen LogP contribution in [0.4, 0.5) is 5.69 Å². The van der Waals surface area contributed by atoms with Gasteiger partial charge in [0.05, 0.1) is 22.5 Å². The molecule has 0 amide bonds. The number of rotatable bonds is 2. The Hall–Kier alpha value is -3.13. The number of benzene rings is 2. The molecule has 1 heterocycles. The molecule has 3 N–H and O–H groups in total. The predicted octanol–water partition coefficient (Wildman–Crippen LogP) is 1.97. The maximum absolute atomic E-state index is 12.0. The van der Waals surface area contributed by atoms with Gasteiger partial charge in [-0.1, -0.05) is 12.1 Å². The van der Waals surface area contributed by atoms with E-state index in [1.54, 1.807) is 30.3 Å².